The lowest BCUT2D eigenvalue weighted by Gasteiger charge is -2.14. The number of ether oxygens (including phenoxy) is 1. The molecule has 1 rings (SSSR count). The molecule has 0 spiro atoms. The minimum absolute atomic E-state index is 0.0570. The fourth-order valence-electron chi connectivity index (χ4n) is 2.34. The summed E-state index contributed by atoms with van der Waals surface area (Å²) in [7, 11) is 0. The smallest absolute Gasteiger partial charge is 0.320 e. The van der Waals surface area contributed by atoms with Crippen LogP contribution in [-0.2, 0) is 9.53 Å². The van der Waals surface area contributed by atoms with Gasteiger partial charge in [0, 0.05) is 0 Å². The van der Waals surface area contributed by atoms with Crippen LogP contribution < -0.4 is 0 Å². The van der Waals surface area contributed by atoms with Gasteiger partial charge in [-0.05, 0) is 65.0 Å². The SMILES string of the molecule is CC(C)=CCC[C@H](C)CCOC(=O)CN1CCCC1. The lowest BCUT2D eigenvalue weighted by molar-refractivity contribution is -0.145. The summed E-state index contributed by atoms with van der Waals surface area (Å²) < 4.78 is 5.31. The average Bonchev–Trinajstić information content (AvgIpc) is 2.81. The predicted octanol–water partition coefficient (Wildman–Crippen LogP) is 3.40. The molecule has 0 radical (unpaired) electrons. The highest BCUT2D eigenvalue weighted by Crippen LogP contribution is 2.12. The summed E-state index contributed by atoms with van der Waals surface area (Å²) in [4.78, 5) is 13.8. The molecule has 1 atom stereocenters. The van der Waals surface area contributed by atoms with Crippen molar-refractivity contribution in [2.45, 2.75) is 52.9 Å². The van der Waals surface area contributed by atoms with Crippen LogP contribution in [0.2, 0.25) is 0 Å². The Morgan fingerprint density at radius 3 is 2.58 bits per heavy atom. The Balaban J connectivity index is 2.02. The van der Waals surface area contributed by atoms with Gasteiger partial charge in [-0.25, -0.2) is 0 Å². The van der Waals surface area contributed by atoms with E-state index in [9.17, 15) is 4.79 Å². The summed E-state index contributed by atoms with van der Waals surface area (Å²) in [6, 6.07) is 0. The Bertz CT molecular complexity index is 289. The molecule has 3 nitrogen and oxygen atoms in total. The fourth-order valence-corrected chi connectivity index (χ4v) is 2.34. The Morgan fingerprint density at radius 1 is 1.26 bits per heavy atom. The standard InChI is InChI=1S/C16H29NO2/c1-14(2)7-6-8-15(3)9-12-19-16(18)13-17-10-4-5-11-17/h7,15H,4-6,8-13H2,1-3H3/t15-/m0/s1. The van der Waals surface area contributed by atoms with Crippen molar-refractivity contribution < 1.29 is 9.53 Å². The second-order valence-electron chi connectivity index (χ2n) is 5.96. The monoisotopic (exact) mass is 267 g/mol. The molecule has 0 N–H and O–H groups in total. The van der Waals surface area contributed by atoms with E-state index in [0.29, 0.717) is 19.1 Å². The number of hydrogen-bond donors (Lipinski definition) is 0. The summed E-state index contributed by atoms with van der Waals surface area (Å²) in [6.45, 7) is 9.64. The zero-order chi connectivity index (χ0) is 14.1. The van der Waals surface area contributed by atoms with Gasteiger partial charge in [0.25, 0.3) is 0 Å². The molecule has 3 heteroatoms. The van der Waals surface area contributed by atoms with Crippen LogP contribution in [0.1, 0.15) is 52.9 Å². The van der Waals surface area contributed by atoms with Crippen LogP contribution in [0, 0.1) is 5.92 Å². The van der Waals surface area contributed by atoms with Gasteiger partial charge in [-0.2, -0.15) is 0 Å². The van der Waals surface area contributed by atoms with Crippen LogP contribution >= 0.6 is 0 Å². The van der Waals surface area contributed by atoms with E-state index >= 15 is 0 Å². The van der Waals surface area contributed by atoms with Gasteiger partial charge in [-0.1, -0.05) is 18.6 Å². The quantitative estimate of drug-likeness (QED) is 0.498. The summed E-state index contributed by atoms with van der Waals surface area (Å²) in [5, 5.41) is 0. The molecule has 110 valence electrons. The molecule has 1 aliphatic rings. The lowest BCUT2D eigenvalue weighted by Crippen LogP contribution is -2.28. The van der Waals surface area contributed by atoms with Crippen molar-refractivity contribution in [3.8, 4) is 0 Å². The first-order chi connectivity index (χ1) is 9.08. The topological polar surface area (TPSA) is 29.5 Å². The Labute approximate surface area is 118 Å². The van der Waals surface area contributed by atoms with Crippen molar-refractivity contribution in [3.05, 3.63) is 11.6 Å². The zero-order valence-corrected chi connectivity index (χ0v) is 12.8. The van der Waals surface area contributed by atoms with E-state index in [0.717, 1.165) is 25.9 Å². The van der Waals surface area contributed by atoms with Gasteiger partial charge in [-0.15, -0.1) is 0 Å². The maximum atomic E-state index is 11.6. The predicted molar refractivity (Wildman–Crippen MR) is 79.1 cm³/mol. The largest absolute Gasteiger partial charge is 0.465 e. The summed E-state index contributed by atoms with van der Waals surface area (Å²) in [5.74, 6) is 0.564. The van der Waals surface area contributed by atoms with Crippen molar-refractivity contribution in [1.82, 2.24) is 4.90 Å². The molecule has 0 aromatic rings. The number of carbonyl (C=O) groups excluding carboxylic acids is 1. The maximum Gasteiger partial charge on any atom is 0.320 e. The number of carbonyl (C=O) groups is 1. The van der Waals surface area contributed by atoms with E-state index in [-0.39, 0.29) is 5.97 Å². The molecule has 0 bridgehead atoms. The highest BCUT2D eigenvalue weighted by molar-refractivity contribution is 5.71. The van der Waals surface area contributed by atoms with Crippen LogP contribution in [0.5, 0.6) is 0 Å². The third-order valence-electron chi connectivity index (χ3n) is 3.64. The minimum atomic E-state index is -0.0570. The Morgan fingerprint density at radius 2 is 1.95 bits per heavy atom. The number of nitrogens with zero attached hydrogens (tertiary/aromatic N) is 1. The molecular weight excluding hydrogens is 238 g/mol. The second-order valence-corrected chi connectivity index (χ2v) is 5.96. The normalized spacial score (nSPS) is 17.2. The molecule has 19 heavy (non-hydrogen) atoms. The van der Waals surface area contributed by atoms with Crippen molar-refractivity contribution in [3.63, 3.8) is 0 Å². The van der Waals surface area contributed by atoms with Crippen molar-refractivity contribution in [2.75, 3.05) is 26.2 Å². The molecular formula is C16H29NO2. The van der Waals surface area contributed by atoms with E-state index in [1.54, 1.807) is 0 Å². The van der Waals surface area contributed by atoms with Gasteiger partial charge in [0.2, 0.25) is 0 Å². The Kier molecular flexibility index (Phi) is 7.80. The zero-order valence-electron chi connectivity index (χ0n) is 12.8. The maximum absolute atomic E-state index is 11.6. The first-order valence-corrected chi connectivity index (χ1v) is 7.59. The molecule has 1 aliphatic heterocycles. The minimum Gasteiger partial charge on any atom is -0.465 e. The van der Waals surface area contributed by atoms with E-state index in [2.05, 4.69) is 31.7 Å². The molecule has 1 heterocycles. The molecule has 0 aliphatic carbocycles. The summed E-state index contributed by atoms with van der Waals surface area (Å²) >= 11 is 0. The van der Waals surface area contributed by atoms with Crippen LogP contribution in [-0.4, -0.2) is 37.1 Å². The molecule has 1 saturated heterocycles. The number of hydrogen-bond acceptors (Lipinski definition) is 3. The lowest BCUT2D eigenvalue weighted by atomic mass is 10.0. The van der Waals surface area contributed by atoms with Gasteiger partial charge in [0.05, 0.1) is 13.2 Å². The van der Waals surface area contributed by atoms with Crippen LogP contribution in [0.25, 0.3) is 0 Å². The Hall–Kier alpha value is -0.830. The number of likely N-dealkylation sites (tertiary alicyclic amines) is 1. The highest BCUT2D eigenvalue weighted by Gasteiger charge is 2.15. The first kappa shape index (κ1) is 16.2. The molecule has 0 unspecified atom stereocenters. The molecule has 1 fully saturated rings. The van der Waals surface area contributed by atoms with Crippen molar-refractivity contribution in [1.29, 1.82) is 0 Å². The highest BCUT2D eigenvalue weighted by atomic mass is 16.5. The second kappa shape index (κ2) is 9.13. The van der Waals surface area contributed by atoms with Gasteiger partial charge < -0.3 is 4.74 Å². The van der Waals surface area contributed by atoms with Crippen LogP contribution in [0.4, 0.5) is 0 Å². The summed E-state index contributed by atoms with van der Waals surface area (Å²) in [5.41, 5.74) is 1.38. The fraction of sp³-hybridized carbons (Fsp3) is 0.812. The van der Waals surface area contributed by atoms with E-state index < -0.39 is 0 Å². The van der Waals surface area contributed by atoms with Gasteiger partial charge >= 0.3 is 5.97 Å². The molecule has 0 aromatic heterocycles. The van der Waals surface area contributed by atoms with Gasteiger partial charge in [0.1, 0.15) is 0 Å². The number of rotatable bonds is 8. The van der Waals surface area contributed by atoms with Gasteiger partial charge in [-0.3, -0.25) is 9.69 Å². The average molecular weight is 267 g/mol. The molecule has 0 aromatic carbocycles. The third kappa shape index (κ3) is 8.04. The van der Waals surface area contributed by atoms with Gasteiger partial charge in [0.15, 0.2) is 0 Å². The van der Waals surface area contributed by atoms with Crippen LogP contribution in [0.3, 0.4) is 0 Å². The number of allylic oxidation sites excluding steroid dienone is 2. The van der Waals surface area contributed by atoms with E-state index in [1.807, 2.05) is 0 Å². The molecule has 0 saturated carbocycles. The third-order valence-corrected chi connectivity index (χ3v) is 3.64. The number of esters is 1. The van der Waals surface area contributed by atoms with E-state index in [4.69, 9.17) is 4.74 Å². The first-order valence-electron chi connectivity index (χ1n) is 7.59. The van der Waals surface area contributed by atoms with Crippen molar-refractivity contribution in [2.24, 2.45) is 5.92 Å². The van der Waals surface area contributed by atoms with Crippen LogP contribution in [0.15, 0.2) is 11.6 Å². The van der Waals surface area contributed by atoms with Crippen molar-refractivity contribution >= 4 is 5.97 Å². The van der Waals surface area contributed by atoms with E-state index in [1.165, 1.54) is 24.8 Å². The summed E-state index contributed by atoms with van der Waals surface area (Å²) in [6.07, 6.45) is 7.99. The molecule has 0 amide bonds.